The third kappa shape index (κ3) is 7.19. The quantitative estimate of drug-likeness (QED) is 0.108. The molecule has 4 N–H and O–H groups in total. The van der Waals surface area contributed by atoms with Crippen molar-refractivity contribution in [1.82, 2.24) is 40.4 Å². The van der Waals surface area contributed by atoms with Gasteiger partial charge in [0.15, 0.2) is 0 Å². The summed E-state index contributed by atoms with van der Waals surface area (Å²) in [5, 5.41) is 5.43. The molecule has 2 aromatic heterocycles. The second-order valence-electron chi connectivity index (χ2n) is 19.4. The lowest BCUT2D eigenvalue weighted by atomic mass is 9.95. The number of H-pyrrole nitrogens is 2. The average Bonchev–Trinajstić information content (AvgIpc) is 3.95. The molecule has 10 rings (SSSR count). The largest absolute Gasteiger partial charge is 0.453 e. The van der Waals surface area contributed by atoms with Gasteiger partial charge in [0.25, 0.3) is 5.92 Å². The molecule has 0 radical (unpaired) electrons. The Morgan fingerprint density at radius 3 is 2.05 bits per heavy atom. The van der Waals surface area contributed by atoms with E-state index in [0.717, 1.165) is 49.6 Å². The summed E-state index contributed by atoms with van der Waals surface area (Å²) in [5.74, 6) is -2.53. The molecule has 4 fully saturated rings. The van der Waals surface area contributed by atoms with Crippen LogP contribution in [-0.2, 0) is 25.0 Å². The van der Waals surface area contributed by atoms with Gasteiger partial charge in [-0.15, -0.1) is 0 Å². The molecular formula is C49H54F2N8O6. The molecule has 3 aromatic carbocycles. The van der Waals surface area contributed by atoms with Gasteiger partial charge in [-0.25, -0.2) is 19.6 Å². The molecule has 4 heterocycles. The number of likely N-dealkylation sites (tertiary alicyclic amines) is 2. The number of nitrogens with one attached hydrogen (secondary N) is 4. The van der Waals surface area contributed by atoms with E-state index in [9.17, 15) is 19.2 Å². The van der Waals surface area contributed by atoms with Crippen molar-refractivity contribution >= 4 is 35.0 Å². The Morgan fingerprint density at radius 2 is 1.40 bits per heavy atom. The highest BCUT2D eigenvalue weighted by Gasteiger charge is 2.56. The number of alkyl carbamates (subject to hydrolysis) is 2. The van der Waals surface area contributed by atoms with E-state index in [1.54, 1.807) is 29.3 Å². The minimum atomic E-state index is -3.29. The smallest absolute Gasteiger partial charge is 0.407 e. The summed E-state index contributed by atoms with van der Waals surface area (Å²) >= 11 is 0. The highest BCUT2D eigenvalue weighted by atomic mass is 19.3. The Balaban J connectivity index is 0.896. The van der Waals surface area contributed by atoms with Crippen LogP contribution in [0.2, 0.25) is 0 Å². The normalized spacial score (nSPS) is 22.9. The van der Waals surface area contributed by atoms with Crippen LogP contribution in [0.3, 0.4) is 0 Å². The number of aromatic amines is 2. The topological polar surface area (TPSA) is 175 Å². The fourth-order valence-corrected chi connectivity index (χ4v) is 11.0. The molecule has 4 amide bonds. The van der Waals surface area contributed by atoms with Crippen LogP contribution < -0.4 is 10.6 Å². The molecule has 3 aliphatic carbocycles. The van der Waals surface area contributed by atoms with Crippen LogP contribution in [-0.4, -0.2) is 92.6 Å². The number of rotatable bonds is 10. The van der Waals surface area contributed by atoms with Crippen molar-refractivity contribution < 1.29 is 37.4 Å². The predicted molar refractivity (Wildman–Crippen MR) is 237 cm³/mol. The van der Waals surface area contributed by atoms with Gasteiger partial charge < -0.3 is 39.9 Å². The minimum Gasteiger partial charge on any atom is -0.453 e. The van der Waals surface area contributed by atoms with Gasteiger partial charge in [0.1, 0.15) is 23.7 Å². The maximum absolute atomic E-state index is 16.7. The van der Waals surface area contributed by atoms with Crippen LogP contribution >= 0.6 is 0 Å². The van der Waals surface area contributed by atoms with Crippen molar-refractivity contribution in [2.75, 3.05) is 20.8 Å². The number of aromatic nitrogens is 4. The molecule has 6 atom stereocenters. The van der Waals surface area contributed by atoms with E-state index in [2.05, 4.69) is 20.6 Å². The predicted octanol–water partition coefficient (Wildman–Crippen LogP) is 8.61. The summed E-state index contributed by atoms with van der Waals surface area (Å²) in [4.78, 5) is 72.6. The number of fused-ring (bicyclic) bond motifs is 6. The van der Waals surface area contributed by atoms with E-state index in [0.29, 0.717) is 51.7 Å². The van der Waals surface area contributed by atoms with Gasteiger partial charge in [0.2, 0.25) is 11.8 Å². The maximum atomic E-state index is 16.7. The van der Waals surface area contributed by atoms with Gasteiger partial charge in [0.05, 0.1) is 49.2 Å². The standard InChI is InChI=1S/C49H54F2N8O6/c1-24(2)39(56-46(62)64-5)44(60)58-23-48(15-16-48)21-38(58)42-52-22-37(55-42)28-9-13-32-31-12-8-26(18-33(31)49(50,51)34(32)19-28)27-10-14-35-36(20-27)54-43(53-35)41-29-7-11-30(17-29)59(41)45(61)40(25(3)4)57-47(63)65-6/h8-10,12-14,18-20,22,24-25,29-30,38-41H,7,11,15-17,21,23H2,1-6H3,(H,52,55)(H,53,54)(H,56,62)(H,57,63)/t29-,30-,38+,39+,40+,41+/m1/s1. The number of carbonyl (C=O) groups excluding carboxylic acids is 4. The summed E-state index contributed by atoms with van der Waals surface area (Å²) < 4.78 is 43.0. The first-order valence-corrected chi connectivity index (χ1v) is 22.6. The van der Waals surface area contributed by atoms with Crippen LogP contribution in [0.15, 0.2) is 60.8 Å². The SMILES string of the molecule is COC(=O)N[C@H](C(=O)N1CC2(CC2)C[C@H]1c1ncc(-c2ccc3c(c2)C(F)(F)c2cc(-c4ccc5nc([C@@H]6[C@@H]7CC[C@H](C7)N6C(=O)[C@@H](NC(=O)OC)C(C)C)[nH]c5c4)ccc2-3)[nH]1)C(C)C. The number of hydrogen-bond donors (Lipinski definition) is 4. The summed E-state index contributed by atoms with van der Waals surface area (Å²) in [7, 11) is 2.54. The molecule has 2 bridgehead atoms. The average molecular weight is 889 g/mol. The zero-order valence-corrected chi connectivity index (χ0v) is 37.3. The van der Waals surface area contributed by atoms with Crippen molar-refractivity contribution in [1.29, 1.82) is 0 Å². The first-order valence-electron chi connectivity index (χ1n) is 22.6. The number of alkyl halides is 2. The number of carbonyl (C=O) groups is 4. The molecule has 65 heavy (non-hydrogen) atoms. The van der Waals surface area contributed by atoms with Crippen molar-refractivity contribution in [3.05, 3.63) is 83.6 Å². The number of imidazole rings is 2. The van der Waals surface area contributed by atoms with Gasteiger partial charge >= 0.3 is 12.2 Å². The Bertz CT molecular complexity index is 2740. The third-order valence-corrected chi connectivity index (χ3v) is 14.7. The van der Waals surface area contributed by atoms with E-state index >= 15 is 8.78 Å². The number of hydrogen-bond acceptors (Lipinski definition) is 8. The number of benzene rings is 3. The third-order valence-electron chi connectivity index (χ3n) is 14.7. The fraction of sp³-hybridized carbons (Fsp3) is 0.469. The van der Waals surface area contributed by atoms with E-state index in [-0.39, 0.29) is 64.2 Å². The Kier molecular flexibility index (Phi) is 10.3. The zero-order valence-electron chi connectivity index (χ0n) is 37.3. The molecule has 5 aliphatic rings. The molecule has 2 aliphatic heterocycles. The number of halogens is 2. The van der Waals surface area contributed by atoms with E-state index < -0.39 is 30.2 Å². The van der Waals surface area contributed by atoms with Crippen molar-refractivity contribution in [2.45, 2.75) is 102 Å². The second kappa shape index (κ2) is 15.7. The zero-order chi connectivity index (χ0) is 45.7. The summed E-state index contributed by atoms with van der Waals surface area (Å²) in [6.07, 6.45) is 5.75. The second-order valence-corrected chi connectivity index (χ2v) is 19.4. The molecule has 0 unspecified atom stereocenters. The van der Waals surface area contributed by atoms with E-state index in [1.807, 2.05) is 62.9 Å². The number of methoxy groups -OCH3 is 2. The van der Waals surface area contributed by atoms with E-state index in [1.165, 1.54) is 20.3 Å². The van der Waals surface area contributed by atoms with Crippen molar-refractivity contribution in [2.24, 2.45) is 23.2 Å². The van der Waals surface area contributed by atoms with Crippen molar-refractivity contribution in [3.8, 4) is 33.5 Å². The van der Waals surface area contributed by atoms with Gasteiger partial charge in [-0.1, -0.05) is 58.0 Å². The number of ether oxygens (including phenoxy) is 2. The molecular weight excluding hydrogens is 835 g/mol. The summed E-state index contributed by atoms with van der Waals surface area (Å²) in [5.41, 5.74) is 4.68. The van der Waals surface area contributed by atoms with Crippen LogP contribution in [0.1, 0.15) is 101 Å². The number of piperidine rings is 1. The van der Waals surface area contributed by atoms with Crippen LogP contribution in [0, 0.1) is 23.2 Å². The first-order chi connectivity index (χ1) is 31.1. The molecule has 1 spiro atoms. The van der Waals surface area contributed by atoms with Crippen molar-refractivity contribution in [3.63, 3.8) is 0 Å². The highest BCUT2D eigenvalue weighted by molar-refractivity contribution is 5.89. The van der Waals surface area contributed by atoms with Gasteiger partial charge in [-0.05, 0) is 108 Å². The Labute approximate surface area is 375 Å². The van der Waals surface area contributed by atoms with Gasteiger partial charge in [-0.3, -0.25) is 9.59 Å². The van der Waals surface area contributed by atoms with Crippen LogP contribution in [0.5, 0.6) is 0 Å². The van der Waals surface area contributed by atoms with Crippen LogP contribution in [0.4, 0.5) is 18.4 Å². The highest BCUT2D eigenvalue weighted by Crippen LogP contribution is 2.59. The molecule has 16 heteroatoms. The first kappa shape index (κ1) is 42.6. The lowest BCUT2D eigenvalue weighted by molar-refractivity contribution is -0.139. The summed E-state index contributed by atoms with van der Waals surface area (Å²) in [6, 6.07) is 13.8. The maximum Gasteiger partial charge on any atom is 0.407 e. The van der Waals surface area contributed by atoms with Crippen LogP contribution in [0.25, 0.3) is 44.5 Å². The van der Waals surface area contributed by atoms with E-state index in [4.69, 9.17) is 19.4 Å². The number of nitrogens with zero attached hydrogens (tertiary/aromatic N) is 4. The lowest BCUT2D eigenvalue weighted by Crippen LogP contribution is -2.54. The monoisotopic (exact) mass is 888 g/mol. The Hall–Kier alpha value is -6.32. The molecule has 340 valence electrons. The molecule has 2 saturated carbocycles. The minimum absolute atomic E-state index is 0.0102. The molecule has 2 saturated heterocycles. The fourth-order valence-electron chi connectivity index (χ4n) is 11.0. The Morgan fingerprint density at radius 1 is 0.785 bits per heavy atom. The van der Waals surface area contributed by atoms with Gasteiger partial charge in [-0.2, -0.15) is 8.78 Å². The van der Waals surface area contributed by atoms with Gasteiger partial charge in [0, 0.05) is 29.3 Å². The molecule has 5 aromatic rings. The summed E-state index contributed by atoms with van der Waals surface area (Å²) in [6.45, 7) is 8.09. The number of amides is 4. The molecule has 14 nitrogen and oxygen atoms in total. The lowest BCUT2D eigenvalue weighted by Gasteiger charge is -2.37.